The molecule has 0 saturated carbocycles. The van der Waals surface area contributed by atoms with E-state index in [1.165, 1.54) is 5.56 Å². The number of esters is 1. The number of ketones is 1. The number of piperazine rings is 1. The highest BCUT2D eigenvalue weighted by Gasteiger charge is 2.25. The molecule has 0 atom stereocenters. The molecule has 1 aromatic carbocycles. The SMILES string of the molecule is CCOC(=O)c1c(C)[nH]c(C(=O)CN2CCN(CC=Cc3ccccc3)CC2)c1C. The summed E-state index contributed by atoms with van der Waals surface area (Å²) in [4.78, 5) is 32.7. The minimum absolute atomic E-state index is 0.0172. The Morgan fingerprint density at radius 1 is 1.07 bits per heavy atom. The third-order valence-electron chi connectivity index (χ3n) is 5.50. The molecule has 0 unspecified atom stereocenters. The van der Waals surface area contributed by atoms with Crippen LogP contribution in [-0.4, -0.2) is 72.4 Å². The fraction of sp³-hybridized carbons (Fsp3) is 0.417. The monoisotopic (exact) mass is 409 g/mol. The zero-order chi connectivity index (χ0) is 21.5. The van der Waals surface area contributed by atoms with Gasteiger partial charge in [0.2, 0.25) is 0 Å². The van der Waals surface area contributed by atoms with Crippen LogP contribution in [-0.2, 0) is 4.74 Å². The Morgan fingerprint density at radius 2 is 1.73 bits per heavy atom. The Kier molecular flexibility index (Phi) is 7.60. The Hall–Kier alpha value is -2.70. The fourth-order valence-electron chi connectivity index (χ4n) is 3.85. The molecule has 1 aromatic heterocycles. The zero-order valence-corrected chi connectivity index (χ0v) is 18.1. The molecule has 0 spiro atoms. The van der Waals surface area contributed by atoms with Gasteiger partial charge >= 0.3 is 5.97 Å². The smallest absolute Gasteiger partial charge is 0.340 e. The predicted octanol–water partition coefficient (Wildman–Crippen LogP) is 3.32. The Morgan fingerprint density at radius 3 is 2.40 bits per heavy atom. The number of rotatable bonds is 8. The van der Waals surface area contributed by atoms with E-state index in [0.717, 1.165) is 32.7 Å². The maximum Gasteiger partial charge on any atom is 0.340 e. The van der Waals surface area contributed by atoms with E-state index in [2.05, 4.69) is 39.1 Å². The van der Waals surface area contributed by atoms with Crippen LogP contribution in [0.25, 0.3) is 6.08 Å². The number of ether oxygens (including phenoxy) is 1. The summed E-state index contributed by atoms with van der Waals surface area (Å²) < 4.78 is 5.11. The summed E-state index contributed by atoms with van der Waals surface area (Å²) in [7, 11) is 0. The van der Waals surface area contributed by atoms with Crippen molar-refractivity contribution in [3.63, 3.8) is 0 Å². The first-order chi connectivity index (χ1) is 14.5. The number of hydrogen-bond acceptors (Lipinski definition) is 5. The van der Waals surface area contributed by atoms with Gasteiger partial charge in [-0.3, -0.25) is 14.6 Å². The van der Waals surface area contributed by atoms with Crippen LogP contribution >= 0.6 is 0 Å². The van der Waals surface area contributed by atoms with E-state index in [9.17, 15) is 9.59 Å². The van der Waals surface area contributed by atoms with Crippen LogP contribution in [0.15, 0.2) is 36.4 Å². The summed E-state index contributed by atoms with van der Waals surface area (Å²) in [5.41, 5.74) is 3.57. The van der Waals surface area contributed by atoms with E-state index in [1.54, 1.807) is 20.8 Å². The highest BCUT2D eigenvalue weighted by molar-refractivity contribution is 6.02. The largest absolute Gasteiger partial charge is 0.462 e. The minimum atomic E-state index is -0.375. The average molecular weight is 410 g/mol. The van der Waals surface area contributed by atoms with Crippen molar-refractivity contribution >= 4 is 17.8 Å². The number of hydrogen-bond donors (Lipinski definition) is 1. The summed E-state index contributed by atoms with van der Waals surface area (Å²) in [5, 5.41) is 0. The molecular formula is C24H31N3O3. The van der Waals surface area contributed by atoms with E-state index in [0.29, 0.717) is 35.7 Å². The van der Waals surface area contributed by atoms with Crippen molar-refractivity contribution in [2.45, 2.75) is 20.8 Å². The third kappa shape index (κ3) is 5.46. The van der Waals surface area contributed by atoms with E-state index in [-0.39, 0.29) is 11.8 Å². The van der Waals surface area contributed by atoms with Gasteiger partial charge in [-0.1, -0.05) is 42.5 Å². The number of nitrogens with zero attached hydrogens (tertiary/aromatic N) is 2. The van der Waals surface area contributed by atoms with Crippen LogP contribution in [0, 0.1) is 13.8 Å². The molecule has 6 heteroatoms. The normalized spacial score (nSPS) is 15.6. The van der Waals surface area contributed by atoms with Gasteiger partial charge in [-0.2, -0.15) is 0 Å². The topological polar surface area (TPSA) is 65.6 Å². The number of carbonyl (C=O) groups is 2. The lowest BCUT2D eigenvalue weighted by atomic mass is 10.1. The maximum atomic E-state index is 12.8. The van der Waals surface area contributed by atoms with Crippen LogP contribution in [0.3, 0.4) is 0 Å². The van der Waals surface area contributed by atoms with E-state index in [1.807, 2.05) is 18.2 Å². The van der Waals surface area contributed by atoms with Crippen molar-refractivity contribution in [3.8, 4) is 0 Å². The highest BCUT2D eigenvalue weighted by atomic mass is 16.5. The zero-order valence-electron chi connectivity index (χ0n) is 18.1. The van der Waals surface area contributed by atoms with Crippen LogP contribution in [0.4, 0.5) is 0 Å². The lowest BCUT2D eigenvalue weighted by molar-refractivity contribution is 0.0525. The van der Waals surface area contributed by atoms with Crippen molar-refractivity contribution in [2.75, 3.05) is 45.9 Å². The number of aromatic nitrogens is 1. The van der Waals surface area contributed by atoms with Gasteiger partial charge < -0.3 is 9.72 Å². The van der Waals surface area contributed by atoms with E-state index >= 15 is 0 Å². The van der Waals surface area contributed by atoms with Crippen molar-refractivity contribution in [1.29, 1.82) is 0 Å². The van der Waals surface area contributed by atoms with Crippen LogP contribution in [0.1, 0.15) is 44.6 Å². The molecule has 0 amide bonds. The molecule has 1 aliphatic rings. The number of aryl methyl sites for hydroxylation is 1. The average Bonchev–Trinajstić information content (AvgIpc) is 3.04. The molecule has 1 fully saturated rings. The second-order valence-electron chi connectivity index (χ2n) is 7.66. The second kappa shape index (κ2) is 10.4. The molecule has 0 bridgehead atoms. The quantitative estimate of drug-likeness (QED) is 0.535. The standard InChI is InChI=1S/C24H31N3O3/c1-4-30-24(29)22-18(2)23(25-19(22)3)21(28)17-27-15-13-26(14-16-27)12-8-11-20-9-6-5-7-10-20/h5-11,25H,4,12-17H2,1-3H3. The summed E-state index contributed by atoms with van der Waals surface area (Å²) in [5.74, 6) is -0.358. The second-order valence-corrected chi connectivity index (χ2v) is 7.66. The first kappa shape index (κ1) is 22.0. The first-order valence-electron chi connectivity index (χ1n) is 10.6. The summed E-state index contributed by atoms with van der Waals surface area (Å²) in [6, 6.07) is 10.3. The van der Waals surface area contributed by atoms with Gasteiger partial charge in [-0.15, -0.1) is 0 Å². The highest BCUT2D eigenvalue weighted by Crippen LogP contribution is 2.20. The van der Waals surface area contributed by atoms with Crippen molar-refractivity contribution < 1.29 is 14.3 Å². The lowest BCUT2D eigenvalue weighted by Gasteiger charge is -2.33. The molecule has 6 nitrogen and oxygen atoms in total. The van der Waals surface area contributed by atoms with Gasteiger partial charge in [0.15, 0.2) is 5.78 Å². The number of H-pyrrole nitrogens is 1. The molecule has 0 aliphatic carbocycles. The number of aromatic amines is 1. The molecule has 1 N–H and O–H groups in total. The van der Waals surface area contributed by atoms with Crippen molar-refractivity contribution in [1.82, 2.24) is 14.8 Å². The number of nitrogens with one attached hydrogen (secondary N) is 1. The van der Waals surface area contributed by atoms with Crippen molar-refractivity contribution in [2.24, 2.45) is 0 Å². The lowest BCUT2D eigenvalue weighted by Crippen LogP contribution is -2.47. The number of benzene rings is 1. The summed E-state index contributed by atoms with van der Waals surface area (Å²) in [6.45, 7) is 10.5. The van der Waals surface area contributed by atoms with Crippen LogP contribution < -0.4 is 0 Å². The number of Topliss-reactive ketones (excluding diaryl/α,β-unsaturated/α-hetero) is 1. The first-order valence-corrected chi connectivity index (χ1v) is 10.6. The van der Waals surface area contributed by atoms with Crippen LogP contribution in [0.5, 0.6) is 0 Å². The van der Waals surface area contributed by atoms with Crippen LogP contribution in [0.2, 0.25) is 0 Å². The molecule has 3 rings (SSSR count). The summed E-state index contributed by atoms with van der Waals surface area (Å²) >= 11 is 0. The maximum absolute atomic E-state index is 12.8. The van der Waals surface area contributed by atoms with Gasteiger partial charge in [0.25, 0.3) is 0 Å². The molecule has 0 radical (unpaired) electrons. The van der Waals surface area contributed by atoms with Gasteiger partial charge in [0, 0.05) is 38.4 Å². The Labute approximate surface area is 178 Å². The number of carbonyl (C=O) groups excluding carboxylic acids is 2. The molecule has 1 saturated heterocycles. The molecule has 160 valence electrons. The van der Waals surface area contributed by atoms with Gasteiger partial charge in [-0.05, 0) is 31.9 Å². The van der Waals surface area contributed by atoms with Crippen molar-refractivity contribution in [3.05, 3.63) is 64.5 Å². The molecule has 2 heterocycles. The Bertz CT molecular complexity index is 894. The van der Waals surface area contributed by atoms with Gasteiger partial charge in [0.1, 0.15) is 0 Å². The van der Waals surface area contributed by atoms with Gasteiger partial charge in [-0.25, -0.2) is 4.79 Å². The minimum Gasteiger partial charge on any atom is -0.462 e. The Balaban J connectivity index is 1.50. The molecular weight excluding hydrogens is 378 g/mol. The third-order valence-corrected chi connectivity index (χ3v) is 5.50. The molecule has 2 aromatic rings. The molecule has 30 heavy (non-hydrogen) atoms. The predicted molar refractivity (Wildman–Crippen MR) is 119 cm³/mol. The summed E-state index contributed by atoms with van der Waals surface area (Å²) in [6.07, 6.45) is 4.34. The van der Waals surface area contributed by atoms with Gasteiger partial charge in [0.05, 0.1) is 24.4 Å². The van der Waals surface area contributed by atoms with E-state index in [4.69, 9.17) is 4.74 Å². The fourth-order valence-corrected chi connectivity index (χ4v) is 3.85. The molecule has 1 aliphatic heterocycles. The van der Waals surface area contributed by atoms with E-state index < -0.39 is 0 Å².